The van der Waals surface area contributed by atoms with Gasteiger partial charge in [-0.15, -0.1) is 5.10 Å². The number of hydrogen-bond acceptors (Lipinski definition) is 6. The Morgan fingerprint density at radius 2 is 2.04 bits per heavy atom. The first-order valence-corrected chi connectivity index (χ1v) is 8.94. The quantitative estimate of drug-likeness (QED) is 0.873. The Morgan fingerprint density at radius 1 is 1.31 bits per heavy atom. The van der Waals surface area contributed by atoms with Crippen LogP contribution in [0.25, 0.3) is 0 Å². The minimum Gasteiger partial charge on any atom is -0.465 e. The highest BCUT2D eigenvalue weighted by Crippen LogP contribution is 2.23. The van der Waals surface area contributed by atoms with Crippen molar-refractivity contribution in [2.24, 2.45) is 0 Å². The molecule has 1 fully saturated rings. The van der Waals surface area contributed by atoms with Gasteiger partial charge >= 0.3 is 0 Å². The fourth-order valence-corrected chi connectivity index (χ4v) is 2.91. The lowest BCUT2D eigenvalue weighted by molar-refractivity contribution is 0.0117. The molecule has 2 aromatic rings. The van der Waals surface area contributed by atoms with E-state index in [-0.39, 0.29) is 17.5 Å². The fraction of sp³-hybridized carbons (Fsp3) is 0.611. The molecule has 1 saturated heterocycles. The number of rotatable bonds is 5. The number of nitrogens with one attached hydrogen (secondary N) is 1. The van der Waals surface area contributed by atoms with Gasteiger partial charge in [-0.1, -0.05) is 5.21 Å². The lowest BCUT2D eigenvalue weighted by Gasteiger charge is -2.33. The van der Waals surface area contributed by atoms with Crippen LogP contribution in [0.4, 0.5) is 0 Å². The summed E-state index contributed by atoms with van der Waals surface area (Å²) in [6.07, 6.45) is 1.68. The molecule has 0 bridgehead atoms. The average molecular weight is 361 g/mol. The molecule has 1 aliphatic rings. The maximum Gasteiger partial charge on any atom is 0.273 e. The van der Waals surface area contributed by atoms with Crippen molar-refractivity contribution in [2.45, 2.75) is 39.3 Å². The van der Waals surface area contributed by atoms with Crippen LogP contribution in [0.15, 0.2) is 22.7 Å². The molecule has 0 unspecified atom stereocenters. The molecular weight excluding hydrogens is 334 g/mol. The SMILES string of the molecule is Cc1ccc([C@@H](CNC(=O)c2cn(C(C)(C)C)nn2)N2CCOCC2)o1. The van der Waals surface area contributed by atoms with Gasteiger partial charge in [-0.3, -0.25) is 9.69 Å². The summed E-state index contributed by atoms with van der Waals surface area (Å²) in [5.41, 5.74) is 0.101. The molecule has 1 atom stereocenters. The first-order chi connectivity index (χ1) is 12.3. The summed E-state index contributed by atoms with van der Waals surface area (Å²) in [7, 11) is 0. The predicted octanol–water partition coefficient (Wildman–Crippen LogP) is 1.74. The third-order valence-corrected chi connectivity index (χ3v) is 4.45. The van der Waals surface area contributed by atoms with E-state index in [1.54, 1.807) is 10.9 Å². The smallest absolute Gasteiger partial charge is 0.273 e. The molecule has 8 heteroatoms. The maximum atomic E-state index is 12.5. The third-order valence-electron chi connectivity index (χ3n) is 4.45. The highest BCUT2D eigenvalue weighted by atomic mass is 16.5. The summed E-state index contributed by atoms with van der Waals surface area (Å²) in [5.74, 6) is 1.47. The van der Waals surface area contributed by atoms with Gasteiger partial charge in [0.25, 0.3) is 5.91 Å². The van der Waals surface area contributed by atoms with E-state index < -0.39 is 0 Å². The van der Waals surface area contributed by atoms with Crippen LogP contribution in [0.3, 0.4) is 0 Å². The van der Waals surface area contributed by atoms with Gasteiger partial charge in [0.1, 0.15) is 11.5 Å². The maximum absolute atomic E-state index is 12.5. The monoisotopic (exact) mass is 361 g/mol. The molecule has 1 aliphatic heterocycles. The van der Waals surface area contributed by atoms with Crippen molar-refractivity contribution in [2.75, 3.05) is 32.8 Å². The fourth-order valence-electron chi connectivity index (χ4n) is 2.91. The van der Waals surface area contributed by atoms with Gasteiger partial charge in [-0.25, -0.2) is 4.68 Å². The molecule has 8 nitrogen and oxygen atoms in total. The summed E-state index contributed by atoms with van der Waals surface area (Å²) >= 11 is 0. The highest BCUT2D eigenvalue weighted by Gasteiger charge is 2.26. The molecule has 0 saturated carbocycles. The summed E-state index contributed by atoms with van der Waals surface area (Å²) in [5, 5.41) is 11.0. The second kappa shape index (κ2) is 7.59. The Hall–Kier alpha value is -2.19. The van der Waals surface area contributed by atoms with Crippen molar-refractivity contribution in [3.8, 4) is 0 Å². The number of morpholine rings is 1. The lowest BCUT2D eigenvalue weighted by atomic mass is 10.1. The first kappa shape index (κ1) is 18.6. The Labute approximate surface area is 153 Å². The lowest BCUT2D eigenvalue weighted by Crippen LogP contribution is -2.43. The van der Waals surface area contributed by atoms with E-state index in [2.05, 4.69) is 20.5 Å². The van der Waals surface area contributed by atoms with Gasteiger partial charge in [-0.2, -0.15) is 0 Å². The number of aromatic nitrogens is 3. The number of carbonyl (C=O) groups excluding carboxylic acids is 1. The highest BCUT2D eigenvalue weighted by molar-refractivity contribution is 5.91. The van der Waals surface area contributed by atoms with Crippen LogP contribution in [-0.2, 0) is 10.3 Å². The van der Waals surface area contributed by atoms with Crippen molar-refractivity contribution in [3.05, 3.63) is 35.5 Å². The van der Waals surface area contributed by atoms with Gasteiger partial charge in [0, 0.05) is 19.6 Å². The van der Waals surface area contributed by atoms with Crippen LogP contribution < -0.4 is 5.32 Å². The summed E-state index contributed by atoms with van der Waals surface area (Å²) in [4.78, 5) is 14.8. The normalized spacial score (nSPS) is 17.2. The minimum atomic E-state index is -0.234. The molecule has 3 heterocycles. The van der Waals surface area contributed by atoms with E-state index in [4.69, 9.17) is 9.15 Å². The minimum absolute atomic E-state index is 0.0331. The summed E-state index contributed by atoms with van der Waals surface area (Å²) in [6, 6.07) is 3.88. The molecule has 1 amide bonds. The molecule has 0 aromatic carbocycles. The summed E-state index contributed by atoms with van der Waals surface area (Å²) in [6.45, 7) is 11.4. The zero-order valence-electron chi connectivity index (χ0n) is 15.9. The van der Waals surface area contributed by atoms with Crippen molar-refractivity contribution < 1.29 is 13.9 Å². The van der Waals surface area contributed by atoms with E-state index in [0.717, 1.165) is 24.6 Å². The van der Waals surface area contributed by atoms with Crippen molar-refractivity contribution in [1.29, 1.82) is 0 Å². The number of nitrogens with zero attached hydrogens (tertiary/aromatic N) is 4. The van der Waals surface area contributed by atoms with Crippen LogP contribution in [0.2, 0.25) is 0 Å². The Bertz CT molecular complexity index is 740. The van der Waals surface area contributed by atoms with Crippen LogP contribution in [0, 0.1) is 6.92 Å². The number of carbonyl (C=O) groups is 1. The van der Waals surface area contributed by atoms with Gasteiger partial charge in [0.15, 0.2) is 5.69 Å². The molecule has 0 spiro atoms. The van der Waals surface area contributed by atoms with E-state index >= 15 is 0 Å². The van der Waals surface area contributed by atoms with E-state index in [1.165, 1.54) is 0 Å². The van der Waals surface area contributed by atoms with Crippen LogP contribution in [0.1, 0.15) is 48.8 Å². The standard InChI is InChI=1S/C18H27N5O3/c1-13-5-6-16(26-13)15(22-7-9-25-10-8-22)11-19-17(24)14-12-23(21-20-14)18(2,3)4/h5-6,12,15H,7-11H2,1-4H3,(H,19,24)/t15-/m1/s1. The second-order valence-corrected chi connectivity index (χ2v) is 7.54. The molecule has 1 N–H and O–H groups in total. The molecule has 0 radical (unpaired) electrons. The number of furan rings is 1. The zero-order valence-corrected chi connectivity index (χ0v) is 15.9. The average Bonchev–Trinajstić information content (AvgIpc) is 3.25. The van der Waals surface area contributed by atoms with E-state index in [1.807, 2.05) is 39.8 Å². The largest absolute Gasteiger partial charge is 0.465 e. The second-order valence-electron chi connectivity index (χ2n) is 7.54. The molecule has 142 valence electrons. The Morgan fingerprint density at radius 3 is 2.62 bits per heavy atom. The molecule has 3 rings (SSSR count). The first-order valence-electron chi connectivity index (χ1n) is 8.94. The molecule has 2 aromatic heterocycles. The van der Waals surface area contributed by atoms with Crippen molar-refractivity contribution in [1.82, 2.24) is 25.2 Å². The van der Waals surface area contributed by atoms with Crippen LogP contribution >= 0.6 is 0 Å². The van der Waals surface area contributed by atoms with Crippen molar-refractivity contribution in [3.63, 3.8) is 0 Å². The zero-order chi connectivity index (χ0) is 18.7. The van der Waals surface area contributed by atoms with Gasteiger partial charge < -0.3 is 14.5 Å². The number of aryl methyl sites for hydroxylation is 1. The Kier molecular flexibility index (Phi) is 5.43. The number of hydrogen-bond donors (Lipinski definition) is 1. The molecule has 26 heavy (non-hydrogen) atoms. The number of ether oxygens (including phenoxy) is 1. The van der Waals surface area contributed by atoms with Gasteiger partial charge in [0.05, 0.1) is 31.0 Å². The topological polar surface area (TPSA) is 85.4 Å². The number of amides is 1. The van der Waals surface area contributed by atoms with Gasteiger partial charge in [-0.05, 0) is 39.8 Å². The van der Waals surface area contributed by atoms with Crippen LogP contribution in [0.5, 0.6) is 0 Å². The molecule has 0 aliphatic carbocycles. The predicted molar refractivity (Wildman–Crippen MR) is 95.9 cm³/mol. The van der Waals surface area contributed by atoms with Crippen LogP contribution in [-0.4, -0.2) is 58.6 Å². The molecular formula is C18H27N5O3. The van der Waals surface area contributed by atoms with Crippen molar-refractivity contribution >= 4 is 5.91 Å². The summed E-state index contributed by atoms with van der Waals surface area (Å²) < 4.78 is 13.0. The van der Waals surface area contributed by atoms with E-state index in [0.29, 0.717) is 25.5 Å². The Balaban J connectivity index is 1.69. The van der Waals surface area contributed by atoms with Gasteiger partial charge in [0.2, 0.25) is 0 Å². The third kappa shape index (κ3) is 4.31. The van der Waals surface area contributed by atoms with E-state index in [9.17, 15) is 4.79 Å².